The summed E-state index contributed by atoms with van der Waals surface area (Å²) in [7, 11) is 0. The fourth-order valence-electron chi connectivity index (χ4n) is 3.23. The summed E-state index contributed by atoms with van der Waals surface area (Å²) in [5.41, 5.74) is 10.8. The van der Waals surface area contributed by atoms with Crippen LogP contribution < -0.4 is 11.1 Å². The monoisotopic (exact) mass is 322 g/mol. The highest BCUT2D eigenvalue weighted by atomic mass is 16.5. The van der Waals surface area contributed by atoms with Gasteiger partial charge in [0.1, 0.15) is 6.61 Å². The standard InChI is InChI=1S/C18H18N4O2/c19-17(22-23)12-6-7-15-13(9-12)10-24-18(20-15)21-16-8-5-11-3-1-2-4-14(11)16/h1-4,6-7,9,16,23H,5,8,10H2,(H2,19,22)(H,20,21). The summed E-state index contributed by atoms with van der Waals surface area (Å²) in [5, 5.41) is 15.0. The van der Waals surface area contributed by atoms with Crippen LogP contribution >= 0.6 is 0 Å². The number of nitrogens with two attached hydrogens (primary N) is 1. The van der Waals surface area contributed by atoms with Crippen molar-refractivity contribution in [3.8, 4) is 0 Å². The summed E-state index contributed by atoms with van der Waals surface area (Å²) in [6.07, 6.45) is 2.06. The van der Waals surface area contributed by atoms with Gasteiger partial charge in [-0.1, -0.05) is 29.4 Å². The SMILES string of the molecule is NC(=NO)c1ccc2c(c1)COC(=NC1CCc3ccccc31)N2. The minimum absolute atomic E-state index is 0.0832. The number of hydrogen-bond acceptors (Lipinski definition) is 4. The molecule has 0 aromatic heterocycles. The molecule has 2 aromatic carbocycles. The summed E-state index contributed by atoms with van der Waals surface area (Å²) in [6.45, 7) is 0.405. The predicted octanol–water partition coefficient (Wildman–Crippen LogP) is 2.77. The van der Waals surface area contributed by atoms with Gasteiger partial charge >= 0.3 is 0 Å². The molecule has 24 heavy (non-hydrogen) atoms. The predicted molar refractivity (Wildman–Crippen MR) is 92.3 cm³/mol. The number of nitrogens with one attached hydrogen (secondary N) is 1. The first-order valence-corrected chi connectivity index (χ1v) is 7.91. The lowest BCUT2D eigenvalue weighted by molar-refractivity contribution is 0.282. The van der Waals surface area contributed by atoms with Crippen LogP contribution in [0.15, 0.2) is 52.6 Å². The Hall–Kier alpha value is -3.02. The Labute approximate surface area is 139 Å². The Morgan fingerprint density at radius 2 is 2.08 bits per heavy atom. The van der Waals surface area contributed by atoms with E-state index in [1.54, 1.807) is 6.07 Å². The minimum atomic E-state index is 0.0832. The Morgan fingerprint density at radius 1 is 1.21 bits per heavy atom. The number of oxime groups is 1. The van der Waals surface area contributed by atoms with Crippen LogP contribution in [0, 0.1) is 0 Å². The molecule has 1 aliphatic heterocycles. The van der Waals surface area contributed by atoms with Crippen molar-refractivity contribution < 1.29 is 9.94 Å². The van der Waals surface area contributed by atoms with E-state index >= 15 is 0 Å². The quantitative estimate of drug-likeness (QED) is 0.343. The smallest absolute Gasteiger partial charge is 0.290 e. The van der Waals surface area contributed by atoms with Crippen LogP contribution in [-0.4, -0.2) is 17.1 Å². The molecule has 0 bridgehead atoms. The minimum Gasteiger partial charge on any atom is -0.460 e. The van der Waals surface area contributed by atoms with E-state index in [9.17, 15) is 0 Å². The van der Waals surface area contributed by atoms with Gasteiger partial charge in [0.2, 0.25) is 0 Å². The molecule has 6 heteroatoms. The molecule has 1 aliphatic carbocycles. The van der Waals surface area contributed by atoms with Crippen molar-refractivity contribution in [3.05, 3.63) is 64.7 Å². The molecule has 0 saturated heterocycles. The lowest BCUT2D eigenvalue weighted by Gasteiger charge is -2.22. The van der Waals surface area contributed by atoms with Crippen LogP contribution in [0.4, 0.5) is 5.69 Å². The summed E-state index contributed by atoms with van der Waals surface area (Å²) >= 11 is 0. The molecule has 0 amide bonds. The molecule has 4 N–H and O–H groups in total. The topological polar surface area (TPSA) is 92.2 Å². The zero-order valence-electron chi connectivity index (χ0n) is 13.1. The maximum Gasteiger partial charge on any atom is 0.290 e. The van der Waals surface area contributed by atoms with Crippen LogP contribution in [0.1, 0.15) is 34.7 Å². The third kappa shape index (κ3) is 2.56. The van der Waals surface area contributed by atoms with Crippen LogP contribution in [-0.2, 0) is 17.8 Å². The second-order valence-corrected chi connectivity index (χ2v) is 5.96. The van der Waals surface area contributed by atoms with Gasteiger partial charge in [0.15, 0.2) is 5.84 Å². The third-order valence-electron chi connectivity index (χ3n) is 4.49. The Balaban J connectivity index is 1.57. The summed E-state index contributed by atoms with van der Waals surface area (Å²) in [4.78, 5) is 4.74. The average Bonchev–Trinajstić information content (AvgIpc) is 3.03. The summed E-state index contributed by atoms with van der Waals surface area (Å²) in [6, 6.07) is 14.6. The largest absolute Gasteiger partial charge is 0.460 e. The highest BCUT2D eigenvalue weighted by molar-refractivity contribution is 5.99. The molecule has 6 nitrogen and oxygen atoms in total. The molecule has 1 atom stereocenters. The second-order valence-electron chi connectivity index (χ2n) is 5.96. The molecule has 0 spiro atoms. The zero-order valence-corrected chi connectivity index (χ0v) is 13.1. The number of amidine groups is 2. The number of aliphatic imine (C=N–C) groups is 1. The number of nitrogens with zero attached hydrogens (tertiary/aromatic N) is 2. The number of anilines is 1. The highest BCUT2D eigenvalue weighted by Crippen LogP contribution is 2.34. The maximum atomic E-state index is 8.77. The molecule has 4 rings (SSSR count). The average molecular weight is 322 g/mol. The van der Waals surface area contributed by atoms with Crippen LogP contribution in [0.3, 0.4) is 0 Å². The molecule has 2 aromatic rings. The molecular weight excluding hydrogens is 304 g/mol. The van der Waals surface area contributed by atoms with Gasteiger partial charge in [-0.25, -0.2) is 4.99 Å². The molecular formula is C18H18N4O2. The van der Waals surface area contributed by atoms with Gasteiger partial charge in [0, 0.05) is 16.8 Å². The zero-order chi connectivity index (χ0) is 16.5. The number of rotatable bonds is 2. The van der Waals surface area contributed by atoms with Gasteiger partial charge in [-0.05, 0) is 42.2 Å². The summed E-state index contributed by atoms with van der Waals surface area (Å²) < 4.78 is 5.75. The van der Waals surface area contributed by atoms with Gasteiger partial charge in [0.25, 0.3) is 6.02 Å². The molecule has 0 saturated carbocycles. The van der Waals surface area contributed by atoms with Gasteiger partial charge < -0.3 is 21.0 Å². The van der Waals surface area contributed by atoms with E-state index < -0.39 is 0 Å². The number of ether oxygens (including phenoxy) is 1. The summed E-state index contributed by atoms with van der Waals surface area (Å²) in [5.74, 6) is 0.0832. The number of benzene rings is 2. The number of aryl methyl sites for hydroxylation is 1. The van der Waals surface area contributed by atoms with E-state index in [0.29, 0.717) is 18.2 Å². The van der Waals surface area contributed by atoms with Crippen molar-refractivity contribution in [2.45, 2.75) is 25.5 Å². The van der Waals surface area contributed by atoms with Gasteiger partial charge in [0.05, 0.1) is 6.04 Å². The third-order valence-corrected chi connectivity index (χ3v) is 4.49. The van der Waals surface area contributed by atoms with Crippen LogP contribution in [0.2, 0.25) is 0 Å². The molecule has 1 unspecified atom stereocenters. The normalized spacial score (nSPS) is 20.9. The molecule has 1 heterocycles. The number of hydrogen-bond donors (Lipinski definition) is 3. The molecule has 2 aliphatic rings. The Kier molecular flexibility index (Phi) is 3.57. The van der Waals surface area contributed by atoms with Gasteiger partial charge in [-0.3, -0.25) is 0 Å². The van der Waals surface area contributed by atoms with Crippen molar-refractivity contribution in [3.63, 3.8) is 0 Å². The van der Waals surface area contributed by atoms with Crippen molar-refractivity contribution in [2.24, 2.45) is 15.9 Å². The molecule has 0 radical (unpaired) electrons. The van der Waals surface area contributed by atoms with Gasteiger partial charge in [-0.2, -0.15) is 0 Å². The van der Waals surface area contributed by atoms with E-state index in [0.717, 1.165) is 24.1 Å². The Morgan fingerprint density at radius 3 is 2.96 bits per heavy atom. The van der Waals surface area contributed by atoms with Crippen molar-refractivity contribution >= 4 is 17.5 Å². The first-order valence-electron chi connectivity index (χ1n) is 7.91. The van der Waals surface area contributed by atoms with Crippen molar-refractivity contribution in [1.29, 1.82) is 0 Å². The maximum absolute atomic E-state index is 8.77. The van der Waals surface area contributed by atoms with E-state index in [-0.39, 0.29) is 11.9 Å². The fourth-order valence-corrected chi connectivity index (χ4v) is 3.23. The van der Waals surface area contributed by atoms with E-state index in [4.69, 9.17) is 20.7 Å². The molecule has 122 valence electrons. The lowest BCUT2D eigenvalue weighted by atomic mass is 10.1. The Bertz CT molecular complexity index is 845. The highest BCUT2D eigenvalue weighted by Gasteiger charge is 2.24. The van der Waals surface area contributed by atoms with Crippen LogP contribution in [0.25, 0.3) is 0 Å². The first-order chi connectivity index (χ1) is 11.7. The molecule has 0 fully saturated rings. The van der Waals surface area contributed by atoms with Crippen molar-refractivity contribution in [2.75, 3.05) is 5.32 Å². The van der Waals surface area contributed by atoms with E-state index in [1.165, 1.54) is 11.1 Å². The van der Waals surface area contributed by atoms with E-state index in [2.05, 4.69) is 34.7 Å². The van der Waals surface area contributed by atoms with E-state index in [1.807, 2.05) is 12.1 Å². The van der Waals surface area contributed by atoms with Crippen molar-refractivity contribution in [1.82, 2.24) is 0 Å². The lowest BCUT2D eigenvalue weighted by Crippen LogP contribution is -2.24. The fraction of sp³-hybridized carbons (Fsp3) is 0.222. The van der Waals surface area contributed by atoms with Gasteiger partial charge in [-0.15, -0.1) is 0 Å². The van der Waals surface area contributed by atoms with Crippen LogP contribution in [0.5, 0.6) is 0 Å². The second kappa shape index (κ2) is 5.88. The first kappa shape index (κ1) is 14.6. The number of fused-ring (bicyclic) bond motifs is 2.